The van der Waals surface area contributed by atoms with Gasteiger partial charge < -0.3 is 9.13 Å². The van der Waals surface area contributed by atoms with Crippen LogP contribution in [0, 0.1) is 12.1 Å². The fraction of sp³-hybridized carbons (Fsp3) is 0.286. The summed E-state index contributed by atoms with van der Waals surface area (Å²) in [7, 11) is 0. The Bertz CT molecular complexity index is 1880. The first-order chi connectivity index (χ1) is 22.7. The van der Waals surface area contributed by atoms with Crippen LogP contribution in [0.15, 0.2) is 109 Å². The molecule has 3 aliphatic rings. The summed E-state index contributed by atoms with van der Waals surface area (Å²) in [5, 5.41) is 0. The Morgan fingerprint density at radius 1 is 0.468 bits per heavy atom. The van der Waals surface area contributed by atoms with Gasteiger partial charge in [-0.3, -0.25) is 9.97 Å². The maximum absolute atomic E-state index is 5.63. The van der Waals surface area contributed by atoms with E-state index in [1.807, 2.05) is 0 Å². The van der Waals surface area contributed by atoms with Crippen molar-refractivity contribution in [3.8, 4) is 33.9 Å². The van der Waals surface area contributed by atoms with E-state index < -0.39 is 0 Å². The van der Waals surface area contributed by atoms with Crippen molar-refractivity contribution in [2.75, 3.05) is 0 Å². The Morgan fingerprint density at radius 2 is 0.894 bits per heavy atom. The smallest absolute Gasteiger partial charge is 0.312 e. The Hall–Kier alpha value is -4.01. The summed E-state index contributed by atoms with van der Waals surface area (Å²) in [6.07, 6.45) is 15.9. The normalized spacial score (nSPS) is 17.5. The van der Waals surface area contributed by atoms with Crippen molar-refractivity contribution in [3.63, 3.8) is 0 Å². The Morgan fingerprint density at radius 3 is 1.34 bits per heavy atom. The van der Waals surface area contributed by atoms with Gasteiger partial charge in [-0.1, -0.05) is 74.9 Å². The Kier molecular flexibility index (Phi) is 7.88. The molecule has 8 bridgehead atoms. The van der Waals surface area contributed by atoms with E-state index in [-0.39, 0.29) is 31.9 Å². The molecule has 2 spiro atoms. The average Bonchev–Trinajstić information content (AvgIpc) is 3.80. The molecule has 0 N–H and O–H groups in total. The van der Waals surface area contributed by atoms with Gasteiger partial charge in [-0.05, 0) is 67.8 Å². The second-order valence-electron chi connectivity index (χ2n) is 13.6. The Balaban J connectivity index is 0.00000324. The van der Waals surface area contributed by atoms with E-state index in [9.17, 15) is 0 Å². The molecular weight excluding hydrogens is 756 g/mol. The molecule has 2 saturated carbocycles. The van der Waals surface area contributed by atoms with E-state index in [4.69, 9.17) is 9.97 Å². The quantitative estimate of drug-likeness (QED) is 0.164. The number of para-hydroxylation sites is 2. The van der Waals surface area contributed by atoms with Crippen LogP contribution < -0.4 is 0 Å². The van der Waals surface area contributed by atoms with Gasteiger partial charge in [0.15, 0.2) is 0 Å². The maximum atomic E-state index is 5.63. The van der Waals surface area contributed by atoms with Crippen LogP contribution in [0.3, 0.4) is 0 Å². The fourth-order valence-electron chi connectivity index (χ4n) is 8.60. The fourth-order valence-corrected chi connectivity index (χ4v) is 8.60. The van der Waals surface area contributed by atoms with Gasteiger partial charge in [0.05, 0.1) is 5.41 Å². The predicted octanol–water partition coefficient (Wildman–Crippen LogP) is 9.80. The summed E-state index contributed by atoms with van der Waals surface area (Å²) in [6.45, 7) is 0. The number of aromatic nitrogens is 4. The van der Waals surface area contributed by atoms with E-state index >= 15 is 0 Å². The number of benzene rings is 4. The number of rotatable bonds is 2. The zero-order chi connectivity index (χ0) is 30.6. The van der Waals surface area contributed by atoms with Crippen LogP contribution in [-0.2, 0) is 31.9 Å². The number of nitrogens with zero attached hydrogens (tertiary/aromatic N) is 4. The third-order valence-corrected chi connectivity index (χ3v) is 10.9. The van der Waals surface area contributed by atoms with Crippen molar-refractivity contribution in [1.29, 1.82) is 0 Å². The number of hydrogen-bond acceptors (Lipinski definition) is 2. The molecule has 0 unspecified atom stereocenters. The first-order valence-corrected chi connectivity index (χ1v) is 17.1. The first kappa shape index (κ1) is 30.3. The van der Waals surface area contributed by atoms with Gasteiger partial charge >= 0.3 is 21.1 Å². The van der Waals surface area contributed by atoms with Crippen molar-refractivity contribution < 1.29 is 21.1 Å². The van der Waals surface area contributed by atoms with Crippen LogP contribution in [0.4, 0.5) is 0 Å². The van der Waals surface area contributed by atoms with Gasteiger partial charge in [-0.25, -0.2) is 0 Å². The van der Waals surface area contributed by atoms with E-state index in [0.717, 1.165) is 84.1 Å². The number of hydrogen-bond donors (Lipinski definition) is 0. The van der Waals surface area contributed by atoms with Crippen molar-refractivity contribution >= 4 is 0 Å². The number of imidazole rings is 2. The van der Waals surface area contributed by atoms with E-state index in [2.05, 4.69) is 131 Å². The predicted molar refractivity (Wildman–Crippen MR) is 183 cm³/mol. The molecule has 1 aliphatic heterocycles. The second kappa shape index (κ2) is 12.2. The summed E-state index contributed by atoms with van der Waals surface area (Å²) >= 11 is 0. The summed E-state index contributed by atoms with van der Waals surface area (Å²) in [5.41, 5.74) is 8.34. The molecule has 3 heterocycles. The van der Waals surface area contributed by atoms with E-state index in [0.29, 0.717) is 0 Å². The molecule has 0 amide bonds. The first-order valence-electron chi connectivity index (χ1n) is 17.1. The van der Waals surface area contributed by atoms with Crippen molar-refractivity contribution in [2.24, 2.45) is 0 Å². The molecule has 2 fully saturated rings. The molecule has 4 aromatic carbocycles. The molecule has 0 atom stereocenters. The van der Waals surface area contributed by atoms with Gasteiger partial charge in [0, 0.05) is 22.8 Å². The third kappa shape index (κ3) is 4.99. The van der Waals surface area contributed by atoms with Gasteiger partial charge in [0.2, 0.25) is 0 Å². The molecule has 2 aliphatic carbocycles. The van der Waals surface area contributed by atoms with Crippen molar-refractivity contribution in [2.45, 2.75) is 75.0 Å². The maximum Gasteiger partial charge on any atom is 2.00 e. The van der Waals surface area contributed by atoms with E-state index in [1.165, 1.54) is 36.8 Å². The summed E-state index contributed by atoms with van der Waals surface area (Å²) < 4.78 is 4.71. The minimum absolute atomic E-state index is 0. The van der Waals surface area contributed by atoms with Crippen LogP contribution in [0.2, 0.25) is 0 Å². The van der Waals surface area contributed by atoms with Crippen LogP contribution in [0.5, 0.6) is 0 Å². The molecule has 47 heavy (non-hydrogen) atoms. The standard InChI is InChI=1S/C42H38N4.Pt/c1-5-19-35(20-6-1)45-29-37-31-15-13-17-33(27-31)41(23-9-3-10-24-41)34-18-14-16-32(28-34)38-30-46(36-21-7-2-8-22-36)40(44-38)42(39(45)43-37)25-11-4-12-26-42;/h1-2,5-8,13-22,29-30H,3-4,9-12,23-26H2;/q-2;+2. The molecule has 9 rings (SSSR count). The topological polar surface area (TPSA) is 35.6 Å². The van der Waals surface area contributed by atoms with Crippen molar-refractivity contribution in [1.82, 2.24) is 19.1 Å². The third-order valence-electron chi connectivity index (χ3n) is 10.9. The Labute approximate surface area is 292 Å². The minimum atomic E-state index is -0.371. The minimum Gasteiger partial charge on any atom is -0.312 e. The van der Waals surface area contributed by atoms with E-state index in [1.54, 1.807) is 0 Å². The zero-order valence-electron chi connectivity index (χ0n) is 26.6. The van der Waals surface area contributed by atoms with Crippen LogP contribution in [0.1, 0.15) is 87.0 Å². The van der Waals surface area contributed by atoms with Crippen LogP contribution >= 0.6 is 0 Å². The van der Waals surface area contributed by atoms with Gasteiger partial charge in [0.1, 0.15) is 11.6 Å². The van der Waals surface area contributed by atoms with Gasteiger partial charge in [-0.2, -0.15) is 0 Å². The summed E-state index contributed by atoms with van der Waals surface area (Å²) in [4.78, 5) is 11.3. The second-order valence-corrected chi connectivity index (χ2v) is 13.6. The molecule has 6 aromatic rings. The van der Waals surface area contributed by atoms with Crippen LogP contribution in [0.25, 0.3) is 33.9 Å². The molecule has 0 radical (unpaired) electrons. The average molecular weight is 794 g/mol. The van der Waals surface area contributed by atoms with Crippen molar-refractivity contribution in [3.05, 3.63) is 144 Å². The van der Waals surface area contributed by atoms with Crippen LogP contribution in [-0.4, -0.2) is 19.1 Å². The molecule has 236 valence electrons. The molecule has 0 saturated heterocycles. The largest absolute Gasteiger partial charge is 2.00 e. The SMILES string of the molecule is [Pt+2].[c-]1c2cccc1C1(CCCCC1)c1[c-]c(ccc1)-c1cn(-c3ccccc3)c(n1)C1(CCCCC1)c1nc-2cn1-c1ccccc1. The monoisotopic (exact) mass is 793 g/mol. The number of fused-ring (bicyclic) bond motifs is 14. The molecular formula is C42H38N4Pt. The summed E-state index contributed by atoms with van der Waals surface area (Å²) in [5.74, 6) is 2.15. The molecule has 4 nitrogen and oxygen atoms in total. The summed E-state index contributed by atoms with van der Waals surface area (Å²) in [6, 6.07) is 42.8. The van der Waals surface area contributed by atoms with Gasteiger partial charge in [-0.15, -0.1) is 70.8 Å². The zero-order valence-corrected chi connectivity index (χ0v) is 28.8. The molecule has 2 aromatic heterocycles. The van der Waals surface area contributed by atoms with Gasteiger partial charge in [0.25, 0.3) is 0 Å². The molecule has 5 heteroatoms.